The number of aliphatic hydroxyl groups is 3. The van der Waals surface area contributed by atoms with E-state index in [1.165, 1.54) is 64.2 Å². The minimum absolute atomic E-state index is 0.123. The molecule has 1 aliphatic heterocycles. The van der Waals surface area contributed by atoms with Gasteiger partial charge in [0.2, 0.25) is 0 Å². The maximum absolute atomic E-state index is 10.2. The van der Waals surface area contributed by atoms with Crippen LogP contribution in [0.25, 0.3) is 0 Å². The number of hydrogen-bond donors (Lipinski definition) is 3. The van der Waals surface area contributed by atoms with Gasteiger partial charge in [-0.3, -0.25) is 0 Å². The second-order valence-corrected chi connectivity index (χ2v) is 7.84. The van der Waals surface area contributed by atoms with Gasteiger partial charge in [-0.2, -0.15) is 0 Å². The molecule has 0 aromatic heterocycles. The first kappa shape index (κ1) is 22.9. The van der Waals surface area contributed by atoms with E-state index in [9.17, 15) is 15.3 Å². The van der Waals surface area contributed by atoms with Crippen LogP contribution in [0.1, 0.15) is 97.3 Å². The average Bonchev–Trinajstić information content (AvgIpc) is 2.62. The average molecular weight is 359 g/mol. The molecule has 0 amide bonds. The van der Waals surface area contributed by atoms with Crippen molar-refractivity contribution in [2.24, 2.45) is 5.92 Å². The molecule has 0 bridgehead atoms. The van der Waals surface area contributed by atoms with Gasteiger partial charge in [0.25, 0.3) is 0 Å². The van der Waals surface area contributed by atoms with Crippen molar-refractivity contribution in [2.75, 3.05) is 6.61 Å². The molecule has 1 heterocycles. The van der Waals surface area contributed by atoms with Gasteiger partial charge >= 0.3 is 0 Å². The molecular formula is C21H42O4. The van der Waals surface area contributed by atoms with Crippen molar-refractivity contribution >= 4 is 0 Å². The Balaban J connectivity index is 2.06. The third-order valence-electron chi connectivity index (χ3n) is 5.71. The lowest BCUT2D eigenvalue weighted by molar-refractivity contribution is -0.201. The molecule has 1 rings (SSSR count). The molecule has 0 saturated carbocycles. The zero-order chi connectivity index (χ0) is 18.5. The summed E-state index contributed by atoms with van der Waals surface area (Å²) in [7, 11) is 0. The van der Waals surface area contributed by atoms with E-state index in [-0.39, 0.29) is 18.6 Å². The molecule has 1 fully saturated rings. The minimum atomic E-state index is -1.08. The Kier molecular flexibility index (Phi) is 12.8. The Hall–Kier alpha value is -0.160. The second-order valence-electron chi connectivity index (χ2n) is 7.84. The molecule has 4 heteroatoms. The standard InChI is InChI=1S/C21H42O4/c1-3-5-6-7-8-9-10-11-12-13-14-15-17(4-2)21-20(24)19(23)18(22)16-25-21/h17-24H,3-16H2,1-2H3/t17?,18-,19+,20-,21+/m1/s1. The number of rotatable bonds is 14. The van der Waals surface area contributed by atoms with Crippen LogP contribution in [0.15, 0.2) is 0 Å². The van der Waals surface area contributed by atoms with Gasteiger partial charge in [-0.25, -0.2) is 0 Å². The Morgan fingerprint density at radius 3 is 1.80 bits per heavy atom. The fraction of sp³-hybridized carbons (Fsp3) is 1.00. The van der Waals surface area contributed by atoms with Crippen LogP contribution >= 0.6 is 0 Å². The molecule has 0 spiro atoms. The van der Waals surface area contributed by atoms with E-state index in [2.05, 4.69) is 13.8 Å². The molecule has 0 aliphatic carbocycles. The van der Waals surface area contributed by atoms with E-state index in [4.69, 9.17) is 4.74 Å². The summed E-state index contributed by atoms with van der Waals surface area (Å²) < 4.78 is 5.62. The summed E-state index contributed by atoms with van der Waals surface area (Å²) in [6, 6.07) is 0. The first-order valence-corrected chi connectivity index (χ1v) is 10.8. The lowest BCUT2D eigenvalue weighted by Gasteiger charge is -2.39. The van der Waals surface area contributed by atoms with Gasteiger partial charge in [0.1, 0.15) is 18.3 Å². The van der Waals surface area contributed by atoms with Crippen LogP contribution in [0.2, 0.25) is 0 Å². The molecule has 1 saturated heterocycles. The van der Waals surface area contributed by atoms with Gasteiger partial charge in [-0.1, -0.05) is 90.9 Å². The second kappa shape index (κ2) is 14.0. The minimum Gasteiger partial charge on any atom is -0.388 e. The lowest BCUT2D eigenvalue weighted by Crippen LogP contribution is -2.55. The number of hydrogen-bond acceptors (Lipinski definition) is 4. The van der Waals surface area contributed by atoms with Crippen molar-refractivity contribution in [1.82, 2.24) is 0 Å². The lowest BCUT2D eigenvalue weighted by atomic mass is 9.85. The summed E-state index contributed by atoms with van der Waals surface area (Å²) in [6.07, 6.45) is 13.2. The first-order valence-electron chi connectivity index (χ1n) is 10.8. The number of unbranched alkanes of at least 4 members (excludes halogenated alkanes) is 10. The molecule has 150 valence electrons. The van der Waals surface area contributed by atoms with Crippen LogP contribution in [0, 0.1) is 5.92 Å². The van der Waals surface area contributed by atoms with Gasteiger partial charge < -0.3 is 20.1 Å². The maximum atomic E-state index is 10.2. The fourth-order valence-electron chi connectivity index (χ4n) is 3.92. The predicted molar refractivity (Wildman–Crippen MR) is 103 cm³/mol. The number of aliphatic hydroxyl groups excluding tert-OH is 3. The summed E-state index contributed by atoms with van der Waals surface area (Å²) >= 11 is 0. The van der Waals surface area contributed by atoms with E-state index in [1.807, 2.05) is 0 Å². The Morgan fingerprint density at radius 2 is 1.28 bits per heavy atom. The molecule has 1 aliphatic rings. The van der Waals surface area contributed by atoms with Crippen LogP contribution < -0.4 is 0 Å². The zero-order valence-electron chi connectivity index (χ0n) is 16.5. The van der Waals surface area contributed by atoms with Gasteiger partial charge in [0.05, 0.1) is 12.7 Å². The highest BCUT2D eigenvalue weighted by Gasteiger charge is 2.40. The molecule has 0 aromatic carbocycles. The van der Waals surface area contributed by atoms with Crippen LogP contribution in [-0.2, 0) is 4.74 Å². The third-order valence-corrected chi connectivity index (χ3v) is 5.71. The summed E-state index contributed by atoms with van der Waals surface area (Å²) in [5.74, 6) is 0.260. The van der Waals surface area contributed by atoms with E-state index >= 15 is 0 Å². The van der Waals surface area contributed by atoms with Crippen LogP contribution in [0.4, 0.5) is 0 Å². The summed E-state index contributed by atoms with van der Waals surface area (Å²) in [5.41, 5.74) is 0. The molecule has 3 N–H and O–H groups in total. The van der Waals surface area contributed by atoms with Crippen molar-refractivity contribution in [3.63, 3.8) is 0 Å². The van der Waals surface area contributed by atoms with Crippen molar-refractivity contribution in [3.05, 3.63) is 0 Å². The number of ether oxygens (including phenoxy) is 1. The summed E-state index contributed by atoms with van der Waals surface area (Å²) in [6.45, 7) is 4.49. The van der Waals surface area contributed by atoms with Crippen LogP contribution in [-0.4, -0.2) is 46.3 Å². The van der Waals surface area contributed by atoms with E-state index < -0.39 is 18.3 Å². The predicted octanol–water partition coefficient (Wildman–Crippen LogP) is 4.20. The monoisotopic (exact) mass is 358 g/mol. The third kappa shape index (κ3) is 8.85. The van der Waals surface area contributed by atoms with Gasteiger partial charge in [-0.15, -0.1) is 0 Å². The summed E-state index contributed by atoms with van der Waals surface area (Å²) in [5, 5.41) is 29.6. The molecule has 0 aromatic rings. The van der Waals surface area contributed by atoms with Crippen molar-refractivity contribution in [3.8, 4) is 0 Å². The first-order chi connectivity index (χ1) is 12.1. The zero-order valence-corrected chi connectivity index (χ0v) is 16.5. The Bertz CT molecular complexity index is 310. The highest BCUT2D eigenvalue weighted by Crippen LogP contribution is 2.28. The van der Waals surface area contributed by atoms with Gasteiger partial charge in [0.15, 0.2) is 0 Å². The summed E-state index contributed by atoms with van der Waals surface area (Å²) in [4.78, 5) is 0. The molecule has 25 heavy (non-hydrogen) atoms. The smallest absolute Gasteiger partial charge is 0.111 e. The highest BCUT2D eigenvalue weighted by molar-refractivity contribution is 4.89. The van der Waals surface area contributed by atoms with E-state index in [1.54, 1.807) is 0 Å². The van der Waals surface area contributed by atoms with Gasteiger partial charge in [0, 0.05) is 0 Å². The van der Waals surface area contributed by atoms with Crippen molar-refractivity contribution in [1.29, 1.82) is 0 Å². The molecule has 1 unspecified atom stereocenters. The maximum Gasteiger partial charge on any atom is 0.111 e. The van der Waals surface area contributed by atoms with E-state index in [0.29, 0.717) is 0 Å². The van der Waals surface area contributed by atoms with Crippen molar-refractivity contribution < 1.29 is 20.1 Å². The molecule has 5 atom stereocenters. The van der Waals surface area contributed by atoms with E-state index in [0.717, 1.165) is 19.3 Å². The highest BCUT2D eigenvalue weighted by atomic mass is 16.5. The van der Waals surface area contributed by atoms with Gasteiger partial charge in [-0.05, 0) is 12.3 Å². The van der Waals surface area contributed by atoms with Crippen molar-refractivity contribution in [2.45, 2.75) is 122 Å². The van der Waals surface area contributed by atoms with Crippen LogP contribution in [0.5, 0.6) is 0 Å². The molecule has 4 nitrogen and oxygen atoms in total. The Labute approximate surface area is 155 Å². The quantitative estimate of drug-likeness (QED) is 0.407. The topological polar surface area (TPSA) is 69.9 Å². The SMILES string of the molecule is CCCCCCCCCCCCCC(CC)[C@@H]1OC[C@@H](O)[C@H](O)[C@H]1O. The molecular weight excluding hydrogens is 316 g/mol. The Morgan fingerprint density at radius 1 is 0.760 bits per heavy atom. The largest absolute Gasteiger partial charge is 0.388 e. The normalized spacial score (nSPS) is 28.2. The fourth-order valence-corrected chi connectivity index (χ4v) is 3.92. The molecule has 0 radical (unpaired) electrons. The van der Waals surface area contributed by atoms with Crippen LogP contribution in [0.3, 0.4) is 0 Å².